The number of fused-ring (bicyclic) bond motifs is 1. The highest BCUT2D eigenvalue weighted by Gasteiger charge is 2.35. The zero-order chi connectivity index (χ0) is 24.7. The Kier molecular flexibility index (Phi) is 6.32. The number of alkyl halides is 3. The van der Waals surface area contributed by atoms with Crippen LogP contribution in [0.4, 0.5) is 24.8 Å². The van der Waals surface area contributed by atoms with E-state index in [0.29, 0.717) is 36.4 Å². The van der Waals surface area contributed by atoms with Crippen LogP contribution in [0.1, 0.15) is 12.0 Å². The minimum absolute atomic E-state index is 0.0398. The molecular formula is C23H25ClF3N7O. The molecule has 1 unspecified atom stereocenters. The summed E-state index contributed by atoms with van der Waals surface area (Å²) in [5.41, 5.74) is 4.98. The first kappa shape index (κ1) is 23.8. The Morgan fingerprint density at radius 2 is 1.91 bits per heavy atom. The van der Waals surface area contributed by atoms with Gasteiger partial charge in [-0.05, 0) is 44.3 Å². The van der Waals surface area contributed by atoms with Gasteiger partial charge in [-0.15, -0.1) is 0 Å². The number of likely N-dealkylation sites (tertiary alicyclic amines) is 1. The smallest absolute Gasteiger partial charge is 0.418 e. The normalized spacial score (nSPS) is 19.1. The fourth-order valence-corrected chi connectivity index (χ4v) is 4.59. The summed E-state index contributed by atoms with van der Waals surface area (Å²) in [5, 5.41) is 4.03. The van der Waals surface area contributed by atoms with Crippen molar-refractivity contribution in [3.8, 4) is 17.3 Å². The molecule has 2 fully saturated rings. The molecule has 0 spiro atoms. The monoisotopic (exact) mass is 507 g/mol. The number of anilines is 2. The van der Waals surface area contributed by atoms with E-state index in [2.05, 4.69) is 30.1 Å². The molecule has 0 bridgehead atoms. The Balaban J connectivity index is 1.63. The van der Waals surface area contributed by atoms with Gasteiger partial charge in [0.2, 0.25) is 0 Å². The molecule has 4 heterocycles. The first-order valence-corrected chi connectivity index (χ1v) is 11.7. The summed E-state index contributed by atoms with van der Waals surface area (Å²) in [6, 6.07) is 5.59. The van der Waals surface area contributed by atoms with Crippen LogP contribution < -0.4 is 20.7 Å². The third-order valence-corrected chi connectivity index (χ3v) is 6.79. The van der Waals surface area contributed by atoms with Crippen molar-refractivity contribution >= 4 is 34.1 Å². The van der Waals surface area contributed by atoms with Crippen LogP contribution in [-0.4, -0.2) is 72.3 Å². The van der Waals surface area contributed by atoms with Gasteiger partial charge in [-0.2, -0.15) is 23.1 Å². The zero-order valence-electron chi connectivity index (χ0n) is 19.1. The lowest BCUT2D eigenvalue weighted by Gasteiger charge is -2.37. The maximum Gasteiger partial charge on any atom is 0.418 e. The van der Waals surface area contributed by atoms with Gasteiger partial charge in [0, 0.05) is 43.2 Å². The number of benzene rings is 1. The summed E-state index contributed by atoms with van der Waals surface area (Å²) >= 11 is 6.54. The Hall–Kier alpha value is -2.89. The number of pyridine rings is 1. The number of piperazine rings is 1. The Bertz CT molecular complexity index is 1250. The highest BCUT2D eigenvalue weighted by atomic mass is 35.5. The van der Waals surface area contributed by atoms with Gasteiger partial charge in [0.05, 0.1) is 21.8 Å². The standard InChI is InChI=1S/C23H25ClF3N7O/c1-33-7-4-13(33)12-35-22-30-18-11-14(20-16(23(25,26)27)2-3-19(28)31-20)17(24)10-15(18)21(32-22)34-8-5-29-6-9-34/h2-3,10-11,13,29H,4-9,12H2,1H3,(H2,28,31). The maximum absolute atomic E-state index is 13.7. The molecule has 1 atom stereocenters. The molecular weight excluding hydrogens is 483 g/mol. The number of nitrogen functional groups attached to an aromatic ring is 1. The predicted molar refractivity (Wildman–Crippen MR) is 129 cm³/mol. The van der Waals surface area contributed by atoms with Gasteiger partial charge in [-0.3, -0.25) is 4.90 Å². The number of nitrogens with one attached hydrogen (secondary N) is 1. The third kappa shape index (κ3) is 4.80. The van der Waals surface area contributed by atoms with Gasteiger partial charge < -0.3 is 20.7 Å². The molecule has 0 saturated carbocycles. The summed E-state index contributed by atoms with van der Waals surface area (Å²) in [7, 11) is 2.02. The molecule has 1 aromatic carbocycles. The van der Waals surface area contributed by atoms with Gasteiger partial charge in [0.25, 0.3) is 0 Å². The largest absolute Gasteiger partial charge is 0.462 e. The van der Waals surface area contributed by atoms with Gasteiger partial charge in [0.15, 0.2) is 0 Å². The van der Waals surface area contributed by atoms with Crippen molar-refractivity contribution in [2.24, 2.45) is 0 Å². The summed E-state index contributed by atoms with van der Waals surface area (Å²) in [6.45, 7) is 4.43. The number of aromatic nitrogens is 3. The topological polar surface area (TPSA) is 92.4 Å². The first-order chi connectivity index (χ1) is 16.7. The predicted octanol–water partition coefficient (Wildman–Crippen LogP) is 3.44. The maximum atomic E-state index is 13.7. The fourth-order valence-electron chi connectivity index (χ4n) is 4.34. The summed E-state index contributed by atoms with van der Waals surface area (Å²) in [5.74, 6) is 0.598. The molecule has 3 aromatic rings. The van der Waals surface area contributed by atoms with E-state index >= 15 is 0 Å². The molecule has 186 valence electrons. The number of ether oxygens (including phenoxy) is 1. The lowest BCUT2D eigenvalue weighted by molar-refractivity contribution is -0.137. The number of hydrogen-bond donors (Lipinski definition) is 2. The Labute approximate surface area is 205 Å². The Morgan fingerprint density at radius 3 is 2.57 bits per heavy atom. The van der Waals surface area contributed by atoms with Crippen molar-refractivity contribution < 1.29 is 17.9 Å². The molecule has 12 heteroatoms. The van der Waals surface area contributed by atoms with E-state index in [1.807, 2.05) is 7.05 Å². The highest BCUT2D eigenvalue weighted by molar-refractivity contribution is 6.34. The van der Waals surface area contributed by atoms with Crippen molar-refractivity contribution in [3.05, 3.63) is 34.9 Å². The lowest BCUT2D eigenvalue weighted by atomic mass is 10.0. The van der Waals surface area contributed by atoms with Gasteiger partial charge in [0.1, 0.15) is 18.2 Å². The molecule has 2 aliphatic rings. The average Bonchev–Trinajstić information content (AvgIpc) is 2.82. The van der Waals surface area contributed by atoms with Crippen LogP contribution >= 0.6 is 11.6 Å². The van der Waals surface area contributed by atoms with E-state index in [4.69, 9.17) is 22.1 Å². The van der Waals surface area contributed by atoms with Gasteiger partial charge >= 0.3 is 12.2 Å². The van der Waals surface area contributed by atoms with Crippen molar-refractivity contribution in [3.63, 3.8) is 0 Å². The van der Waals surface area contributed by atoms with Crippen LogP contribution in [0.5, 0.6) is 6.01 Å². The number of rotatable bonds is 5. The summed E-state index contributed by atoms with van der Waals surface area (Å²) < 4.78 is 47.2. The summed E-state index contributed by atoms with van der Waals surface area (Å²) in [4.78, 5) is 17.5. The van der Waals surface area contributed by atoms with Crippen LogP contribution in [0.3, 0.4) is 0 Å². The molecule has 2 aliphatic heterocycles. The number of likely N-dealkylation sites (N-methyl/N-ethyl adjacent to an activating group) is 1. The molecule has 2 saturated heterocycles. The second kappa shape index (κ2) is 9.29. The second-order valence-corrected chi connectivity index (χ2v) is 9.19. The van der Waals surface area contributed by atoms with E-state index in [1.165, 1.54) is 6.07 Å². The molecule has 8 nitrogen and oxygen atoms in total. The highest BCUT2D eigenvalue weighted by Crippen LogP contribution is 2.41. The molecule has 0 aliphatic carbocycles. The van der Waals surface area contributed by atoms with Crippen LogP contribution in [0.25, 0.3) is 22.2 Å². The molecule has 35 heavy (non-hydrogen) atoms. The second-order valence-electron chi connectivity index (χ2n) is 8.78. The van der Waals surface area contributed by atoms with Crippen LogP contribution in [-0.2, 0) is 6.18 Å². The number of nitrogens with zero attached hydrogens (tertiary/aromatic N) is 5. The van der Waals surface area contributed by atoms with E-state index in [9.17, 15) is 13.2 Å². The molecule has 0 radical (unpaired) electrons. The van der Waals surface area contributed by atoms with E-state index in [0.717, 1.165) is 38.2 Å². The zero-order valence-corrected chi connectivity index (χ0v) is 19.8. The van der Waals surface area contributed by atoms with Crippen molar-refractivity contribution in [2.45, 2.75) is 18.6 Å². The SMILES string of the molecule is CN1CCC1COc1nc(N2CCNCC2)c2cc(Cl)c(-c3nc(N)ccc3C(F)(F)F)cc2n1. The van der Waals surface area contributed by atoms with Crippen LogP contribution in [0.2, 0.25) is 5.02 Å². The first-order valence-electron chi connectivity index (χ1n) is 11.3. The Morgan fingerprint density at radius 1 is 1.14 bits per heavy atom. The van der Waals surface area contributed by atoms with Crippen LogP contribution in [0.15, 0.2) is 24.3 Å². The minimum Gasteiger partial charge on any atom is -0.462 e. The van der Waals surface area contributed by atoms with Crippen molar-refractivity contribution in [1.29, 1.82) is 0 Å². The molecule has 2 aromatic heterocycles. The number of nitrogens with two attached hydrogens (primary N) is 1. The molecule has 3 N–H and O–H groups in total. The fraction of sp³-hybridized carbons (Fsp3) is 0.435. The van der Waals surface area contributed by atoms with Crippen molar-refractivity contribution in [1.82, 2.24) is 25.2 Å². The third-order valence-electron chi connectivity index (χ3n) is 6.48. The quantitative estimate of drug-likeness (QED) is 0.542. The van der Waals surface area contributed by atoms with Gasteiger partial charge in [-0.1, -0.05) is 11.6 Å². The van der Waals surface area contributed by atoms with E-state index in [-0.39, 0.29) is 34.2 Å². The minimum atomic E-state index is -4.63. The number of halogens is 4. The molecule has 5 rings (SSSR count). The van der Waals surface area contributed by atoms with Gasteiger partial charge in [-0.25, -0.2) is 4.98 Å². The van der Waals surface area contributed by atoms with E-state index in [1.54, 1.807) is 6.07 Å². The van der Waals surface area contributed by atoms with Crippen LogP contribution in [0, 0.1) is 0 Å². The number of hydrogen-bond acceptors (Lipinski definition) is 8. The molecule has 0 amide bonds. The summed E-state index contributed by atoms with van der Waals surface area (Å²) in [6.07, 6.45) is -3.61. The lowest BCUT2D eigenvalue weighted by Crippen LogP contribution is -2.48. The average molecular weight is 508 g/mol. The van der Waals surface area contributed by atoms with Crippen molar-refractivity contribution in [2.75, 3.05) is 57.0 Å². The van der Waals surface area contributed by atoms with E-state index < -0.39 is 11.7 Å².